The molecule has 0 saturated heterocycles. The largest absolute Gasteiger partial charge is 0.496 e. The molecule has 1 N–H and O–H groups in total. The van der Waals surface area contributed by atoms with Crippen molar-refractivity contribution in [3.8, 4) is 17.0 Å². The third kappa shape index (κ3) is 2.69. The number of aryl methyl sites for hydroxylation is 2. The lowest BCUT2D eigenvalue weighted by Gasteiger charge is -2.13. The Morgan fingerprint density at radius 3 is 2.35 bits per heavy atom. The Labute approximate surface area is 128 Å². The van der Waals surface area contributed by atoms with Crippen LogP contribution in [0.1, 0.15) is 11.1 Å². The first-order chi connectivity index (χ1) is 9.47. The summed E-state index contributed by atoms with van der Waals surface area (Å²) < 4.78 is 5.32. The van der Waals surface area contributed by atoms with Crippen molar-refractivity contribution >= 4 is 29.0 Å². The van der Waals surface area contributed by atoms with E-state index in [9.17, 15) is 0 Å². The number of methoxy groups -OCH3 is 1. The number of pyridine rings is 1. The van der Waals surface area contributed by atoms with Crippen LogP contribution in [0.5, 0.6) is 5.75 Å². The van der Waals surface area contributed by atoms with Crippen LogP contribution in [0.15, 0.2) is 18.2 Å². The fourth-order valence-corrected chi connectivity index (χ4v) is 2.65. The van der Waals surface area contributed by atoms with Crippen LogP contribution in [0.2, 0.25) is 10.0 Å². The van der Waals surface area contributed by atoms with Gasteiger partial charge in [-0.2, -0.15) is 0 Å². The molecule has 1 heterocycles. The summed E-state index contributed by atoms with van der Waals surface area (Å²) in [5, 5.41) is 4.00. The number of anilines is 1. The van der Waals surface area contributed by atoms with Crippen molar-refractivity contribution in [2.75, 3.05) is 19.5 Å². The molecule has 0 aliphatic carbocycles. The Morgan fingerprint density at radius 2 is 1.75 bits per heavy atom. The number of nitrogens with one attached hydrogen (secondary N) is 1. The number of benzene rings is 1. The maximum atomic E-state index is 6.28. The fraction of sp³-hybridized carbons (Fsp3) is 0.267. The molecule has 3 nitrogen and oxygen atoms in total. The molecule has 0 saturated carbocycles. The average Bonchev–Trinajstić information content (AvgIpc) is 2.41. The summed E-state index contributed by atoms with van der Waals surface area (Å²) in [6, 6.07) is 5.71. The van der Waals surface area contributed by atoms with Crippen molar-refractivity contribution in [2.24, 2.45) is 0 Å². The van der Waals surface area contributed by atoms with Gasteiger partial charge in [-0.05, 0) is 43.2 Å². The maximum Gasteiger partial charge on any atom is 0.145 e. The van der Waals surface area contributed by atoms with E-state index < -0.39 is 0 Å². The van der Waals surface area contributed by atoms with Gasteiger partial charge in [0.05, 0.1) is 22.8 Å². The van der Waals surface area contributed by atoms with E-state index >= 15 is 0 Å². The van der Waals surface area contributed by atoms with E-state index in [1.165, 1.54) is 0 Å². The van der Waals surface area contributed by atoms with Crippen molar-refractivity contribution < 1.29 is 4.74 Å². The van der Waals surface area contributed by atoms with Gasteiger partial charge in [-0.1, -0.05) is 23.2 Å². The first kappa shape index (κ1) is 14.9. The Kier molecular flexibility index (Phi) is 4.41. The van der Waals surface area contributed by atoms with E-state index in [4.69, 9.17) is 27.9 Å². The van der Waals surface area contributed by atoms with E-state index in [1.807, 2.05) is 26.0 Å². The molecule has 1 aromatic heterocycles. The van der Waals surface area contributed by atoms with Crippen molar-refractivity contribution in [3.63, 3.8) is 0 Å². The maximum absolute atomic E-state index is 6.28. The van der Waals surface area contributed by atoms with Gasteiger partial charge in [-0.15, -0.1) is 0 Å². The quantitative estimate of drug-likeness (QED) is 0.890. The molecule has 2 aromatic rings. The van der Waals surface area contributed by atoms with Crippen LogP contribution >= 0.6 is 23.2 Å². The first-order valence-electron chi connectivity index (χ1n) is 6.17. The van der Waals surface area contributed by atoms with Crippen LogP contribution in [0, 0.1) is 13.8 Å². The van der Waals surface area contributed by atoms with E-state index in [-0.39, 0.29) is 0 Å². The third-order valence-electron chi connectivity index (χ3n) is 3.16. The molecule has 0 fully saturated rings. The molecule has 0 atom stereocenters. The monoisotopic (exact) mass is 310 g/mol. The lowest BCUT2D eigenvalue weighted by molar-refractivity contribution is 0.411. The van der Waals surface area contributed by atoms with Gasteiger partial charge >= 0.3 is 0 Å². The number of aromatic nitrogens is 1. The minimum Gasteiger partial charge on any atom is -0.496 e. The Hall–Kier alpha value is -1.45. The summed E-state index contributed by atoms with van der Waals surface area (Å²) in [6.07, 6.45) is 0. The van der Waals surface area contributed by atoms with Crippen molar-refractivity contribution in [2.45, 2.75) is 13.8 Å². The molecule has 0 spiro atoms. The van der Waals surface area contributed by atoms with Crippen molar-refractivity contribution in [3.05, 3.63) is 39.4 Å². The molecule has 0 bridgehead atoms. The van der Waals surface area contributed by atoms with Gasteiger partial charge in [-0.3, -0.25) is 0 Å². The zero-order valence-electron chi connectivity index (χ0n) is 11.8. The molecule has 20 heavy (non-hydrogen) atoms. The number of halogens is 2. The Bertz CT molecular complexity index is 657. The summed E-state index contributed by atoms with van der Waals surface area (Å²) >= 11 is 12.4. The zero-order valence-corrected chi connectivity index (χ0v) is 13.4. The summed E-state index contributed by atoms with van der Waals surface area (Å²) in [7, 11) is 3.44. The summed E-state index contributed by atoms with van der Waals surface area (Å²) in [4.78, 5) is 4.50. The van der Waals surface area contributed by atoms with Gasteiger partial charge in [0, 0.05) is 12.6 Å². The highest BCUT2D eigenvalue weighted by atomic mass is 35.5. The Morgan fingerprint density at radius 1 is 1.05 bits per heavy atom. The second-order valence-corrected chi connectivity index (χ2v) is 5.35. The minimum absolute atomic E-state index is 0.504. The van der Waals surface area contributed by atoms with Crippen LogP contribution in [0.25, 0.3) is 11.3 Å². The van der Waals surface area contributed by atoms with Crippen LogP contribution in [0.3, 0.4) is 0 Å². The predicted molar refractivity (Wildman–Crippen MR) is 85.3 cm³/mol. The summed E-state index contributed by atoms with van der Waals surface area (Å²) in [6.45, 7) is 3.99. The van der Waals surface area contributed by atoms with Crippen LogP contribution in [0.4, 0.5) is 5.82 Å². The topological polar surface area (TPSA) is 34.2 Å². The summed E-state index contributed by atoms with van der Waals surface area (Å²) in [5.41, 5.74) is 3.77. The lowest BCUT2D eigenvalue weighted by Crippen LogP contribution is -1.98. The normalized spacial score (nSPS) is 10.5. The van der Waals surface area contributed by atoms with E-state index in [1.54, 1.807) is 20.2 Å². The third-order valence-corrected chi connectivity index (χ3v) is 3.74. The SMILES string of the molecule is CNc1nc(-c2cc(C)c(OC)cc2C)c(Cl)cc1Cl. The number of ether oxygens (including phenoxy) is 1. The van der Waals surface area contributed by atoms with Gasteiger partial charge in [0.25, 0.3) is 0 Å². The first-order valence-corrected chi connectivity index (χ1v) is 6.93. The molecule has 0 aliphatic rings. The highest BCUT2D eigenvalue weighted by Gasteiger charge is 2.14. The van der Waals surface area contributed by atoms with Gasteiger partial charge < -0.3 is 10.1 Å². The second kappa shape index (κ2) is 5.90. The molecule has 5 heteroatoms. The predicted octanol–water partition coefficient (Wildman–Crippen LogP) is 4.72. The molecule has 0 radical (unpaired) electrons. The lowest BCUT2D eigenvalue weighted by atomic mass is 10.0. The van der Waals surface area contributed by atoms with Gasteiger partial charge in [0.2, 0.25) is 0 Å². The molecule has 2 rings (SSSR count). The standard InChI is InChI=1S/C15H16Cl2N2O/c1-8-6-13(20-4)9(2)5-10(8)14-11(16)7-12(17)15(18-3)19-14/h5-7H,1-4H3,(H,18,19). The zero-order chi connectivity index (χ0) is 14.9. The highest BCUT2D eigenvalue weighted by molar-refractivity contribution is 6.37. The summed E-state index contributed by atoms with van der Waals surface area (Å²) in [5.74, 6) is 1.46. The Balaban J connectivity index is 2.65. The molecule has 1 aromatic carbocycles. The van der Waals surface area contributed by atoms with Crippen molar-refractivity contribution in [1.82, 2.24) is 4.98 Å². The number of hydrogen-bond acceptors (Lipinski definition) is 3. The van der Waals surface area contributed by atoms with Gasteiger partial charge in [-0.25, -0.2) is 4.98 Å². The van der Waals surface area contributed by atoms with Crippen LogP contribution in [-0.4, -0.2) is 19.1 Å². The van der Waals surface area contributed by atoms with E-state index in [0.29, 0.717) is 21.6 Å². The highest BCUT2D eigenvalue weighted by Crippen LogP contribution is 2.36. The van der Waals surface area contributed by atoms with E-state index in [2.05, 4.69) is 10.3 Å². The molecule has 0 amide bonds. The molecular weight excluding hydrogens is 295 g/mol. The van der Waals surface area contributed by atoms with Crippen molar-refractivity contribution in [1.29, 1.82) is 0 Å². The molecule has 0 unspecified atom stereocenters. The van der Waals surface area contributed by atoms with Gasteiger partial charge in [0.1, 0.15) is 11.6 Å². The second-order valence-electron chi connectivity index (χ2n) is 4.54. The van der Waals surface area contributed by atoms with Crippen LogP contribution in [-0.2, 0) is 0 Å². The number of hydrogen-bond donors (Lipinski definition) is 1. The number of rotatable bonds is 3. The molecule has 0 aliphatic heterocycles. The van der Waals surface area contributed by atoms with E-state index in [0.717, 1.165) is 22.4 Å². The minimum atomic E-state index is 0.504. The smallest absolute Gasteiger partial charge is 0.145 e. The van der Waals surface area contributed by atoms with Crippen LogP contribution < -0.4 is 10.1 Å². The average molecular weight is 311 g/mol. The molecular formula is C15H16Cl2N2O. The molecule has 106 valence electrons. The number of nitrogens with zero attached hydrogens (tertiary/aromatic N) is 1. The fourth-order valence-electron chi connectivity index (χ4n) is 2.10. The van der Waals surface area contributed by atoms with Gasteiger partial charge in [0.15, 0.2) is 0 Å².